The van der Waals surface area contributed by atoms with E-state index < -0.39 is 0 Å². The quantitative estimate of drug-likeness (QED) is 0.818. The van der Waals surface area contributed by atoms with Crippen LogP contribution in [-0.4, -0.2) is 35.8 Å². The van der Waals surface area contributed by atoms with Crippen LogP contribution in [0.1, 0.15) is 68.6 Å². The number of hydrogen-bond acceptors (Lipinski definition) is 3. The molecule has 1 saturated heterocycles. The van der Waals surface area contributed by atoms with Gasteiger partial charge >= 0.3 is 0 Å². The van der Waals surface area contributed by atoms with Crippen molar-refractivity contribution in [1.29, 1.82) is 0 Å². The Hall–Kier alpha value is -1.36. The molecule has 28 heavy (non-hydrogen) atoms. The molecule has 4 bridgehead atoms. The molecule has 0 radical (unpaired) electrons. The largest absolute Gasteiger partial charge is 0.353 e. The maximum absolute atomic E-state index is 13.0. The van der Waals surface area contributed by atoms with Crippen LogP contribution in [0.4, 0.5) is 0 Å². The van der Waals surface area contributed by atoms with E-state index in [4.69, 9.17) is 0 Å². The number of thiophene rings is 1. The molecular formula is C23H32N2O2S. The number of likely N-dealkylation sites (tertiary alicyclic amines) is 1. The SMILES string of the molecule is C[C@@H](NC(=O)C1CCN(C(=O)c2ccsc2)CC1)C12CC3CC(CC(C3)C1)C2. The van der Waals surface area contributed by atoms with E-state index in [0.29, 0.717) is 24.5 Å². The van der Waals surface area contributed by atoms with Crippen molar-refractivity contribution in [3.8, 4) is 0 Å². The van der Waals surface area contributed by atoms with Gasteiger partial charge in [0, 0.05) is 30.4 Å². The zero-order valence-corrected chi connectivity index (χ0v) is 17.7. The third-order valence-electron chi connectivity index (χ3n) is 8.28. The van der Waals surface area contributed by atoms with Crippen LogP contribution in [0.5, 0.6) is 0 Å². The summed E-state index contributed by atoms with van der Waals surface area (Å²) in [7, 11) is 0. The molecule has 1 aromatic rings. The molecule has 6 rings (SSSR count). The first-order valence-corrected chi connectivity index (χ1v) is 12.1. The molecule has 1 atom stereocenters. The molecule has 0 aromatic carbocycles. The first-order chi connectivity index (χ1) is 13.5. The number of nitrogens with one attached hydrogen (secondary N) is 1. The highest BCUT2D eigenvalue weighted by Crippen LogP contribution is 2.61. The Bertz CT molecular complexity index is 701. The summed E-state index contributed by atoms with van der Waals surface area (Å²) in [6.07, 6.45) is 9.88. The summed E-state index contributed by atoms with van der Waals surface area (Å²) in [5.74, 6) is 3.14. The van der Waals surface area contributed by atoms with Crippen LogP contribution < -0.4 is 5.32 Å². The number of hydrogen-bond donors (Lipinski definition) is 1. The summed E-state index contributed by atoms with van der Waals surface area (Å²) in [5, 5.41) is 7.29. The zero-order valence-electron chi connectivity index (χ0n) is 16.9. The van der Waals surface area contributed by atoms with E-state index in [9.17, 15) is 9.59 Å². The predicted molar refractivity (Wildman–Crippen MR) is 111 cm³/mol. The molecule has 4 aliphatic carbocycles. The smallest absolute Gasteiger partial charge is 0.254 e. The van der Waals surface area contributed by atoms with Crippen molar-refractivity contribution in [2.75, 3.05) is 13.1 Å². The number of carbonyl (C=O) groups excluding carboxylic acids is 2. The van der Waals surface area contributed by atoms with Gasteiger partial charge in [-0.15, -0.1) is 0 Å². The monoisotopic (exact) mass is 400 g/mol. The molecule has 2 heterocycles. The van der Waals surface area contributed by atoms with E-state index in [1.807, 2.05) is 21.7 Å². The Morgan fingerprint density at radius 1 is 1.11 bits per heavy atom. The summed E-state index contributed by atoms with van der Waals surface area (Å²) in [6, 6.07) is 2.18. The van der Waals surface area contributed by atoms with Gasteiger partial charge in [0.25, 0.3) is 5.91 Å². The van der Waals surface area contributed by atoms with E-state index in [2.05, 4.69) is 12.2 Å². The van der Waals surface area contributed by atoms with Crippen molar-refractivity contribution in [3.05, 3.63) is 22.4 Å². The topological polar surface area (TPSA) is 49.4 Å². The van der Waals surface area contributed by atoms with Gasteiger partial charge in [0.05, 0.1) is 5.56 Å². The van der Waals surface area contributed by atoms with Crippen LogP contribution in [0.25, 0.3) is 0 Å². The lowest BCUT2D eigenvalue weighted by Crippen LogP contribution is -2.56. The van der Waals surface area contributed by atoms with E-state index >= 15 is 0 Å². The molecule has 4 nitrogen and oxygen atoms in total. The number of nitrogens with zero attached hydrogens (tertiary/aromatic N) is 1. The molecule has 1 aromatic heterocycles. The Kier molecular flexibility index (Phi) is 4.77. The van der Waals surface area contributed by atoms with Crippen molar-refractivity contribution >= 4 is 23.2 Å². The van der Waals surface area contributed by atoms with Crippen LogP contribution >= 0.6 is 11.3 Å². The van der Waals surface area contributed by atoms with Crippen molar-refractivity contribution < 1.29 is 9.59 Å². The van der Waals surface area contributed by atoms with E-state index in [1.165, 1.54) is 38.5 Å². The number of carbonyl (C=O) groups is 2. The van der Waals surface area contributed by atoms with Gasteiger partial charge in [-0.25, -0.2) is 0 Å². The third kappa shape index (κ3) is 3.30. The van der Waals surface area contributed by atoms with Gasteiger partial charge in [0.1, 0.15) is 0 Å². The van der Waals surface area contributed by atoms with Gasteiger partial charge in [-0.05, 0) is 92.9 Å². The first-order valence-electron chi connectivity index (χ1n) is 11.1. The Morgan fingerprint density at radius 2 is 1.71 bits per heavy atom. The van der Waals surface area contributed by atoms with Gasteiger partial charge in [-0.2, -0.15) is 11.3 Å². The van der Waals surface area contributed by atoms with Crippen molar-refractivity contribution in [2.45, 2.75) is 64.3 Å². The summed E-state index contributed by atoms with van der Waals surface area (Å²) in [6.45, 7) is 3.65. The van der Waals surface area contributed by atoms with Crippen LogP contribution in [0, 0.1) is 29.1 Å². The van der Waals surface area contributed by atoms with Gasteiger partial charge < -0.3 is 10.2 Å². The molecule has 2 amide bonds. The van der Waals surface area contributed by atoms with Crippen LogP contribution in [0.2, 0.25) is 0 Å². The summed E-state index contributed by atoms with van der Waals surface area (Å²) >= 11 is 1.56. The molecule has 5 fully saturated rings. The van der Waals surface area contributed by atoms with Crippen LogP contribution in [-0.2, 0) is 4.79 Å². The molecule has 0 spiro atoms. The highest BCUT2D eigenvalue weighted by Gasteiger charge is 2.53. The lowest BCUT2D eigenvalue weighted by molar-refractivity contribution is -0.131. The average molecular weight is 401 g/mol. The normalized spacial score (nSPS) is 35.8. The third-order valence-corrected chi connectivity index (χ3v) is 8.97. The molecule has 1 aliphatic heterocycles. The maximum atomic E-state index is 13.0. The molecule has 0 unspecified atom stereocenters. The van der Waals surface area contributed by atoms with Gasteiger partial charge in [-0.3, -0.25) is 9.59 Å². The van der Waals surface area contributed by atoms with Crippen molar-refractivity contribution in [3.63, 3.8) is 0 Å². The highest BCUT2D eigenvalue weighted by molar-refractivity contribution is 7.08. The molecule has 152 valence electrons. The van der Waals surface area contributed by atoms with Crippen molar-refractivity contribution in [1.82, 2.24) is 10.2 Å². The minimum atomic E-state index is 0.0582. The molecule has 1 N–H and O–H groups in total. The van der Waals surface area contributed by atoms with Gasteiger partial charge in [-0.1, -0.05) is 0 Å². The zero-order chi connectivity index (χ0) is 19.3. The Morgan fingerprint density at radius 3 is 2.25 bits per heavy atom. The molecular weight excluding hydrogens is 368 g/mol. The maximum Gasteiger partial charge on any atom is 0.254 e. The van der Waals surface area contributed by atoms with Crippen LogP contribution in [0.15, 0.2) is 16.8 Å². The number of amides is 2. The first kappa shape index (κ1) is 18.7. The molecule has 4 saturated carbocycles. The Labute approximate surface area is 172 Å². The second kappa shape index (κ2) is 7.16. The lowest BCUT2D eigenvalue weighted by Gasteiger charge is -2.59. The fraction of sp³-hybridized carbons (Fsp3) is 0.739. The molecule has 5 heteroatoms. The lowest BCUT2D eigenvalue weighted by atomic mass is 9.48. The van der Waals surface area contributed by atoms with Crippen LogP contribution in [0.3, 0.4) is 0 Å². The minimum absolute atomic E-state index is 0.0582. The number of rotatable bonds is 4. The van der Waals surface area contributed by atoms with E-state index in [-0.39, 0.29) is 17.7 Å². The Balaban J connectivity index is 1.16. The van der Waals surface area contributed by atoms with E-state index in [0.717, 1.165) is 36.2 Å². The fourth-order valence-corrected chi connectivity index (χ4v) is 7.74. The van der Waals surface area contributed by atoms with E-state index in [1.54, 1.807) is 11.3 Å². The standard InChI is InChI=1S/C23H32N2O2S/c1-15(23-11-16-8-17(12-23)10-18(9-16)13-23)24-21(26)19-2-5-25(6-3-19)22(27)20-4-7-28-14-20/h4,7,14-19H,2-3,5-6,8-13H2,1H3,(H,24,26)/t15-,16?,17?,18?,23?/m1/s1. The fourth-order valence-electron chi connectivity index (χ4n) is 7.11. The second-order valence-corrected chi connectivity index (χ2v) is 10.9. The summed E-state index contributed by atoms with van der Waals surface area (Å²) in [5.41, 5.74) is 1.14. The van der Waals surface area contributed by atoms with Gasteiger partial charge in [0.2, 0.25) is 5.91 Å². The second-order valence-electron chi connectivity index (χ2n) is 10.1. The van der Waals surface area contributed by atoms with Gasteiger partial charge in [0.15, 0.2) is 0 Å². The summed E-state index contributed by atoms with van der Waals surface area (Å²) in [4.78, 5) is 27.4. The summed E-state index contributed by atoms with van der Waals surface area (Å²) < 4.78 is 0. The highest BCUT2D eigenvalue weighted by atomic mass is 32.1. The predicted octanol–water partition coefficient (Wildman–Crippen LogP) is 4.32. The van der Waals surface area contributed by atoms with Crippen molar-refractivity contribution in [2.24, 2.45) is 29.1 Å². The minimum Gasteiger partial charge on any atom is -0.353 e. The molecule has 5 aliphatic rings. The number of piperidine rings is 1. The average Bonchev–Trinajstić information content (AvgIpc) is 3.21.